The number of carboxylic acid groups (broad SMARTS) is 1. The highest BCUT2D eigenvalue weighted by Gasteiger charge is 2.36. The van der Waals surface area contributed by atoms with E-state index in [2.05, 4.69) is 16.9 Å². The molecule has 0 saturated carbocycles. The Morgan fingerprint density at radius 3 is 2.30 bits per heavy atom. The van der Waals surface area contributed by atoms with Gasteiger partial charge in [0.25, 0.3) is 0 Å². The number of aliphatic carboxylic acids is 1. The molecule has 7 heteroatoms. The number of hydrogen-bond donors (Lipinski definition) is 2. The molecule has 5 nitrogen and oxygen atoms in total. The second-order valence-electron chi connectivity index (χ2n) is 7.83. The van der Waals surface area contributed by atoms with Gasteiger partial charge in [0.1, 0.15) is 0 Å². The first-order chi connectivity index (χ1) is 14.3. The lowest BCUT2D eigenvalue weighted by molar-refractivity contribution is -0.136. The molecule has 2 N–H and O–H groups in total. The Hall–Kier alpha value is -2.15. The monoisotopic (exact) mass is 447 g/mol. The van der Waals surface area contributed by atoms with Gasteiger partial charge in [-0.1, -0.05) is 48.0 Å². The Labute approximate surface area is 182 Å². The van der Waals surface area contributed by atoms with Crippen LogP contribution in [0.2, 0.25) is 5.02 Å². The summed E-state index contributed by atoms with van der Waals surface area (Å²) >= 11 is 5.85. The molecule has 0 saturated heterocycles. The summed E-state index contributed by atoms with van der Waals surface area (Å²) in [4.78, 5) is 10.9. The van der Waals surface area contributed by atoms with Gasteiger partial charge in [-0.3, -0.25) is 4.79 Å². The number of halogens is 1. The van der Waals surface area contributed by atoms with Crippen LogP contribution in [0.4, 0.5) is 0 Å². The first-order valence-corrected chi connectivity index (χ1v) is 11.8. The summed E-state index contributed by atoms with van der Waals surface area (Å²) in [5.74, 6) is -0.806. The third-order valence-corrected chi connectivity index (χ3v) is 7.29. The van der Waals surface area contributed by atoms with Crippen molar-refractivity contribution in [1.82, 2.24) is 4.72 Å². The van der Waals surface area contributed by atoms with Crippen LogP contribution in [-0.2, 0) is 27.7 Å². The van der Waals surface area contributed by atoms with Crippen molar-refractivity contribution < 1.29 is 18.3 Å². The van der Waals surface area contributed by atoms with E-state index in [1.807, 2.05) is 24.3 Å². The minimum absolute atomic E-state index is 0.0775. The van der Waals surface area contributed by atoms with Crippen molar-refractivity contribution in [2.24, 2.45) is 5.41 Å². The van der Waals surface area contributed by atoms with E-state index in [9.17, 15) is 13.2 Å². The van der Waals surface area contributed by atoms with Crippen molar-refractivity contribution in [2.75, 3.05) is 6.54 Å². The molecule has 0 radical (unpaired) electrons. The smallest absolute Gasteiger partial charge is 0.303 e. The number of nitrogens with one attached hydrogen (secondary N) is 1. The normalized spacial score (nSPS) is 15.4. The molecule has 0 fully saturated rings. The Morgan fingerprint density at radius 1 is 1.07 bits per heavy atom. The van der Waals surface area contributed by atoms with E-state index in [4.69, 9.17) is 16.7 Å². The highest BCUT2D eigenvalue weighted by Crippen LogP contribution is 2.42. The molecule has 0 bridgehead atoms. The number of allylic oxidation sites excluding steroid dienone is 2. The largest absolute Gasteiger partial charge is 0.481 e. The van der Waals surface area contributed by atoms with E-state index in [0.717, 1.165) is 19.3 Å². The third kappa shape index (κ3) is 5.94. The van der Waals surface area contributed by atoms with Gasteiger partial charge in [-0.05, 0) is 72.9 Å². The minimum atomic E-state index is -3.59. The van der Waals surface area contributed by atoms with Crippen LogP contribution in [0.3, 0.4) is 0 Å². The average molecular weight is 448 g/mol. The van der Waals surface area contributed by atoms with E-state index in [-0.39, 0.29) is 16.7 Å². The summed E-state index contributed by atoms with van der Waals surface area (Å²) in [5.41, 5.74) is 2.53. The molecule has 1 aliphatic carbocycles. The topological polar surface area (TPSA) is 83.5 Å². The van der Waals surface area contributed by atoms with Crippen LogP contribution in [0.25, 0.3) is 0 Å². The molecule has 30 heavy (non-hydrogen) atoms. The quantitative estimate of drug-likeness (QED) is 0.521. The van der Waals surface area contributed by atoms with Crippen LogP contribution in [0.5, 0.6) is 0 Å². The fourth-order valence-corrected chi connectivity index (χ4v) is 5.16. The number of benzene rings is 2. The van der Waals surface area contributed by atoms with Crippen molar-refractivity contribution in [1.29, 1.82) is 0 Å². The van der Waals surface area contributed by atoms with E-state index < -0.39 is 16.0 Å². The van der Waals surface area contributed by atoms with Crippen molar-refractivity contribution in [2.45, 2.75) is 43.4 Å². The highest BCUT2D eigenvalue weighted by molar-refractivity contribution is 7.89. The highest BCUT2D eigenvalue weighted by atomic mass is 35.5. The summed E-state index contributed by atoms with van der Waals surface area (Å²) in [6, 6.07) is 14.4. The van der Waals surface area contributed by atoms with E-state index in [1.165, 1.54) is 23.3 Å². The molecule has 2 aromatic rings. The third-order valence-electron chi connectivity index (χ3n) is 5.56. The zero-order valence-electron chi connectivity index (χ0n) is 16.7. The van der Waals surface area contributed by atoms with Gasteiger partial charge in [0, 0.05) is 18.0 Å². The molecule has 2 aromatic carbocycles. The molecule has 0 spiro atoms. The zero-order valence-corrected chi connectivity index (χ0v) is 18.3. The lowest BCUT2D eigenvalue weighted by Crippen LogP contribution is -2.31. The fourth-order valence-electron chi connectivity index (χ4n) is 4.00. The van der Waals surface area contributed by atoms with Crippen LogP contribution in [0, 0.1) is 5.41 Å². The predicted molar refractivity (Wildman–Crippen MR) is 118 cm³/mol. The number of rotatable bonds is 10. The van der Waals surface area contributed by atoms with Crippen LogP contribution < -0.4 is 4.72 Å². The van der Waals surface area contributed by atoms with E-state index in [1.54, 1.807) is 12.1 Å². The molecule has 160 valence electrons. The van der Waals surface area contributed by atoms with Gasteiger partial charge in [0.2, 0.25) is 10.0 Å². The zero-order chi connectivity index (χ0) is 21.6. The van der Waals surface area contributed by atoms with Crippen molar-refractivity contribution >= 4 is 27.6 Å². The summed E-state index contributed by atoms with van der Waals surface area (Å²) in [6.07, 6.45) is 7.82. The lowest BCUT2D eigenvalue weighted by Gasteiger charge is -2.28. The molecular formula is C23H26ClNO4S. The number of sulfonamides is 1. The van der Waals surface area contributed by atoms with Gasteiger partial charge in [-0.15, -0.1) is 0 Å². The lowest BCUT2D eigenvalue weighted by atomic mass is 9.78. The molecule has 1 aliphatic rings. The first kappa shape index (κ1) is 22.5. The fraction of sp³-hybridized carbons (Fsp3) is 0.348. The maximum absolute atomic E-state index is 12.6. The van der Waals surface area contributed by atoms with Gasteiger partial charge < -0.3 is 5.11 Å². The standard InChI is InChI=1S/C23H26ClNO4S/c24-20-9-11-21(12-10-20)30(28,29)25-15-14-23(13-5-1-2-8-22(26)27)16-18-6-3-4-7-19(18)17-23/h1,3-7,9-12,25H,2,8,13-17H2,(H,26,27). The van der Waals surface area contributed by atoms with Crippen molar-refractivity contribution in [3.63, 3.8) is 0 Å². The first-order valence-electron chi connectivity index (χ1n) is 9.99. The van der Waals surface area contributed by atoms with Crippen LogP contribution in [0.15, 0.2) is 65.6 Å². The van der Waals surface area contributed by atoms with Crippen LogP contribution >= 0.6 is 11.6 Å². The van der Waals surface area contributed by atoms with Gasteiger partial charge in [-0.25, -0.2) is 13.1 Å². The number of carboxylic acids is 1. The Kier molecular flexibility index (Phi) is 7.34. The second-order valence-corrected chi connectivity index (χ2v) is 10.0. The van der Waals surface area contributed by atoms with Gasteiger partial charge in [0.05, 0.1) is 4.90 Å². The predicted octanol–water partition coefficient (Wildman–Crippen LogP) is 4.60. The molecule has 0 atom stereocenters. The molecule has 0 aliphatic heterocycles. The maximum Gasteiger partial charge on any atom is 0.303 e. The number of carbonyl (C=O) groups is 1. The summed E-state index contributed by atoms with van der Waals surface area (Å²) in [7, 11) is -3.59. The second kappa shape index (κ2) is 9.77. The Bertz CT molecular complexity index is 991. The van der Waals surface area contributed by atoms with Gasteiger partial charge in [-0.2, -0.15) is 0 Å². The maximum atomic E-state index is 12.6. The minimum Gasteiger partial charge on any atom is -0.481 e. The Balaban J connectivity index is 1.66. The molecule has 3 rings (SSSR count). The molecule has 0 amide bonds. The van der Waals surface area contributed by atoms with E-state index >= 15 is 0 Å². The van der Waals surface area contributed by atoms with Crippen LogP contribution in [0.1, 0.15) is 36.8 Å². The van der Waals surface area contributed by atoms with E-state index in [0.29, 0.717) is 24.4 Å². The number of fused-ring (bicyclic) bond motifs is 1. The molecular weight excluding hydrogens is 422 g/mol. The average Bonchev–Trinajstić information content (AvgIpc) is 3.06. The Morgan fingerprint density at radius 2 is 1.70 bits per heavy atom. The van der Waals surface area contributed by atoms with Gasteiger partial charge >= 0.3 is 5.97 Å². The molecule has 0 unspecified atom stereocenters. The van der Waals surface area contributed by atoms with Gasteiger partial charge in [0.15, 0.2) is 0 Å². The molecule has 0 heterocycles. The summed E-state index contributed by atoms with van der Waals surface area (Å²) < 4.78 is 27.9. The van der Waals surface area contributed by atoms with Crippen molar-refractivity contribution in [3.8, 4) is 0 Å². The summed E-state index contributed by atoms with van der Waals surface area (Å²) in [6.45, 7) is 0.335. The SMILES string of the molecule is O=C(O)CCC=CCC1(CCNS(=O)(=O)c2ccc(Cl)cc2)Cc2ccccc2C1. The number of hydrogen-bond acceptors (Lipinski definition) is 3. The van der Waals surface area contributed by atoms with Crippen LogP contribution in [-0.4, -0.2) is 26.0 Å². The summed E-state index contributed by atoms with van der Waals surface area (Å²) in [5, 5.41) is 9.28. The van der Waals surface area contributed by atoms with Crippen molar-refractivity contribution in [3.05, 3.63) is 76.8 Å². The molecule has 0 aromatic heterocycles.